The minimum atomic E-state index is -3.29. The van der Waals surface area contributed by atoms with Crippen molar-refractivity contribution < 1.29 is 18.0 Å². The lowest BCUT2D eigenvalue weighted by Gasteiger charge is -2.19. The van der Waals surface area contributed by atoms with Crippen molar-refractivity contribution in [1.29, 1.82) is 0 Å². The van der Waals surface area contributed by atoms with Crippen molar-refractivity contribution in [2.24, 2.45) is 0 Å². The summed E-state index contributed by atoms with van der Waals surface area (Å²) in [4.78, 5) is 13.3. The summed E-state index contributed by atoms with van der Waals surface area (Å²) in [5.74, 6) is 1.34. The molecule has 2 aromatic heterocycles. The van der Waals surface area contributed by atoms with Crippen LogP contribution in [0.5, 0.6) is 0 Å². The molecule has 1 atom stereocenters. The number of anilines is 3. The number of sulfone groups is 1. The molecule has 0 aliphatic rings. The van der Waals surface area contributed by atoms with Crippen LogP contribution in [0.3, 0.4) is 0 Å². The summed E-state index contributed by atoms with van der Waals surface area (Å²) in [5, 5.41) is 20.1. The van der Waals surface area contributed by atoms with Crippen LogP contribution in [-0.2, 0) is 9.84 Å². The summed E-state index contributed by atoms with van der Waals surface area (Å²) in [6, 6.07) is 15.3. The van der Waals surface area contributed by atoms with Gasteiger partial charge in [0.2, 0.25) is 5.95 Å². The van der Waals surface area contributed by atoms with Gasteiger partial charge in [0.15, 0.2) is 15.7 Å². The smallest absolute Gasteiger partial charge is 0.263 e. The Labute approximate surface area is 190 Å². The minimum absolute atomic E-state index is 0.175. The van der Waals surface area contributed by atoms with Gasteiger partial charge in [-0.05, 0) is 36.8 Å². The summed E-state index contributed by atoms with van der Waals surface area (Å²) in [6.45, 7) is 1.53. The number of hydrogen-bond donors (Lipinski definition) is 3. The molecule has 2 aromatic carbocycles. The first kappa shape index (κ1) is 22.4. The van der Waals surface area contributed by atoms with E-state index in [1.54, 1.807) is 19.1 Å². The number of benzene rings is 2. The molecule has 0 saturated carbocycles. The average molecular weight is 467 g/mol. The summed E-state index contributed by atoms with van der Waals surface area (Å²) in [7, 11) is -3.29. The molecule has 0 fully saturated rings. The summed E-state index contributed by atoms with van der Waals surface area (Å²) in [5.41, 5.74) is 1.96. The van der Waals surface area contributed by atoms with E-state index < -0.39 is 15.9 Å². The SMILES string of the molecule is Cc1noc(-c2cnc(Nc3ccc(S(C)(=O)=O)cc3)nc2N[C@H](CO)c2ccccc2)n1. The van der Waals surface area contributed by atoms with Gasteiger partial charge in [-0.15, -0.1) is 0 Å². The van der Waals surface area contributed by atoms with Gasteiger partial charge < -0.3 is 20.3 Å². The predicted molar refractivity (Wildman–Crippen MR) is 123 cm³/mol. The molecule has 3 N–H and O–H groups in total. The van der Waals surface area contributed by atoms with Gasteiger partial charge in [-0.25, -0.2) is 13.4 Å². The molecule has 10 nitrogen and oxygen atoms in total. The molecule has 0 saturated heterocycles. The normalized spacial score (nSPS) is 12.3. The second-order valence-electron chi connectivity index (χ2n) is 7.31. The highest BCUT2D eigenvalue weighted by atomic mass is 32.2. The van der Waals surface area contributed by atoms with E-state index in [-0.39, 0.29) is 23.3 Å². The Morgan fingerprint density at radius 3 is 2.39 bits per heavy atom. The van der Waals surface area contributed by atoms with E-state index >= 15 is 0 Å². The number of aliphatic hydroxyl groups excluding tert-OH is 1. The van der Waals surface area contributed by atoms with Gasteiger partial charge in [-0.3, -0.25) is 0 Å². The van der Waals surface area contributed by atoms with Gasteiger partial charge in [0.25, 0.3) is 5.89 Å². The molecule has 0 aliphatic carbocycles. The molecule has 0 radical (unpaired) electrons. The molecular weight excluding hydrogens is 444 g/mol. The Kier molecular flexibility index (Phi) is 6.33. The fraction of sp³-hybridized carbons (Fsp3) is 0.182. The maximum atomic E-state index is 11.7. The molecule has 11 heteroatoms. The van der Waals surface area contributed by atoms with Gasteiger partial charge in [0, 0.05) is 18.1 Å². The molecule has 33 heavy (non-hydrogen) atoms. The largest absolute Gasteiger partial charge is 0.394 e. The summed E-state index contributed by atoms with van der Waals surface area (Å²) >= 11 is 0. The molecule has 0 aliphatic heterocycles. The number of rotatable bonds is 8. The Hall–Kier alpha value is -3.83. The van der Waals surface area contributed by atoms with Gasteiger partial charge >= 0.3 is 0 Å². The number of aromatic nitrogens is 4. The van der Waals surface area contributed by atoms with Crippen LogP contribution in [0, 0.1) is 6.92 Å². The van der Waals surface area contributed by atoms with Crippen molar-refractivity contribution >= 4 is 27.3 Å². The van der Waals surface area contributed by atoms with Crippen LogP contribution in [0.2, 0.25) is 0 Å². The maximum Gasteiger partial charge on any atom is 0.263 e. The first-order valence-corrected chi connectivity index (χ1v) is 11.9. The van der Waals surface area contributed by atoms with Crippen LogP contribution in [0.25, 0.3) is 11.5 Å². The van der Waals surface area contributed by atoms with Gasteiger partial charge in [0.1, 0.15) is 11.4 Å². The van der Waals surface area contributed by atoms with Crippen molar-refractivity contribution in [2.75, 3.05) is 23.5 Å². The van der Waals surface area contributed by atoms with Gasteiger partial charge in [0.05, 0.1) is 17.5 Å². The van der Waals surface area contributed by atoms with E-state index in [4.69, 9.17) is 4.52 Å². The van der Waals surface area contributed by atoms with Crippen LogP contribution in [0.15, 0.2) is 70.2 Å². The van der Waals surface area contributed by atoms with Crippen molar-refractivity contribution in [3.8, 4) is 11.5 Å². The number of hydrogen-bond acceptors (Lipinski definition) is 10. The van der Waals surface area contributed by atoms with E-state index in [2.05, 4.69) is 30.7 Å². The van der Waals surface area contributed by atoms with Gasteiger partial charge in [-0.1, -0.05) is 35.5 Å². The average Bonchev–Trinajstić information content (AvgIpc) is 3.24. The minimum Gasteiger partial charge on any atom is -0.394 e. The molecular formula is C22H22N6O4S. The van der Waals surface area contributed by atoms with Crippen LogP contribution in [0.4, 0.5) is 17.5 Å². The number of aryl methyl sites for hydroxylation is 1. The summed E-state index contributed by atoms with van der Waals surface area (Å²) in [6.07, 6.45) is 2.69. The molecule has 0 spiro atoms. The van der Waals surface area contributed by atoms with Crippen LogP contribution in [-0.4, -0.2) is 46.5 Å². The third kappa shape index (κ3) is 5.33. The van der Waals surface area contributed by atoms with Crippen LogP contribution in [0.1, 0.15) is 17.4 Å². The Balaban J connectivity index is 1.67. The topological polar surface area (TPSA) is 143 Å². The molecule has 4 rings (SSSR count). The van der Waals surface area contributed by atoms with E-state index in [0.29, 0.717) is 22.9 Å². The standard InChI is InChI=1S/C22H22N6O4S/c1-14-24-21(32-28-14)18-12-23-22(25-16-8-10-17(11-9-16)33(2,30)31)27-20(18)26-19(13-29)15-6-4-3-5-7-15/h3-12,19,29H,13H2,1-2H3,(H2,23,25,26,27)/t19-/m1/s1. The highest BCUT2D eigenvalue weighted by molar-refractivity contribution is 7.90. The zero-order chi connectivity index (χ0) is 23.4. The van der Waals surface area contributed by atoms with Crippen LogP contribution >= 0.6 is 0 Å². The van der Waals surface area contributed by atoms with Crippen molar-refractivity contribution in [3.63, 3.8) is 0 Å². The van der Waals surface area contributed by atoms with E-state index in [1.165, 1.54) is 18.3 Å². The maximum absolute atomic E-state index is 11.7. The first-order valence-electron chi connectivity index (χ1n) is 10.0. The zero-order valence-electron chi connectivity index (χ0n) is 17.9. The first-order chi connectivity index (χ1) is 15.8. The van der Waals surface area contributed by atoms with Crippen molar-refractivity contribution in [1.82, 2.24) is 20.1 Å². The molecule has 2 heterocycles. The monoisotopic (exact) mass is 466 g/mol. The third-order valence-corrected chi connectivity index (χ3v) is 5.91. The number of nitrogens with one attached hydrogen (secondary N) is 2. The Bertz CT molecular complexity index is 1340. The fourth-order valence-corrected chi connectivity index (χ4v) is 3.74. The fourth-order valence-electron chi connectivity index (χ4n) is 3.11. The molecule has 4 aromatic rings. The lowest BCUT2D eigenvalue weighted by atomic mass is 10.1. The highest BCUT2D eigenvalue weighted by Crippen LogP contribution is 2.29. The zero-order valence-corrected chi connectivity index (χ0v) is 18.7. The third-order valence-electron chi connectivity index (χ3n) is 4.78. The predicted octanol–water partition coefficient (Wildman–Crippen LogP) is 3.13. The van der Waals surface area contributed by atoms with Gasteiger partial charge in [-0.2, -0.15) is 9.97 Å². The molecule has 170 valence electrons. The lowest BCUT2D eigenvalue weighted by Crippen LogP contribution is -2.17. The Morgan fingerprint density at radius 2 is 1.79 bits per heavy atom. The second kappa shape index (κ2) is 9.35. The summed E-state index contributed by atoms with van der Waals surface area (Å²) < 4.78 is 28.6. The molecule has 0 bridgehead atoms. The molecule has 0 unspecified atom stereocenters. The lowest BCUT2D eigenvalue weighted by molar-refractivity contribution is 0.276. The van der Waals surface area contributed by atoms with Crippen molar-refractivity contribution in [3.05, 3.63) is 72.2 Å². The Morgan fingerprint density at radius 1 is 1.06 bits per heavy atom. The quantitative estimate of drug-likeness (QED) is 0.354. The number of nitrogens with zero attached hydrogens (tertiary/aromatic N) is 4. The van der Waals surface area contributed by atoms with E-state index in [1.807, 2.05) is 30.3 Å². The van der Waals surface area contributed by atoms with E-state index in [0.717, 1.165) is 11.8 Å². The highest BCUT2D eigenvalue weighted by Gasteiger charge is 2.19. The van der Waals surface area contributed by atoms with Crippen molar-refractivity contribution in [2.45, 2.75) is 17.9 Å². The van der Waals surface area contributed by atoms with Crippen LogP contribution < -0.4 is 10.6 Å². The van der Waals surface area contributed by atoms with E-state index in [9.17, 15) is 13.5 Å². The number of aliphatic hydroxyl groups is 1. The molecule has 0 amide bonds. The second-order valence-corrected chi connectivity index (χ2v) is 9.33.